The van der Waals surface area contributed by atoms with Gasteiger partial charge in [-0.15, -0.1) is 28.2 Å². The summed E-state index contributed by atoms with van der Waals surface area (Å²) in [5.74, 6) is -0.539. The molecule has 1 heterocycles. The fourth-order valence-corrected chi connectivity index (χ4v) is 4.95. The van der Waals surface area contributed by atoms with Crippen LogP contribution < -0.4 is 10.8 Å². The average Bonchev–Trinajstić information content (AvgIpc) is 3.36. The Kier molecular flexibility index (Phi) is 14.8. The van der Waals surface area contributed by atoms with Crippen LogP contribution in [-0.4, -0.2) is 64.0 Å². The highest BCUT2D eigenvalue weighted by molar-refractivity contribution is 8.01. The summed E-state index contributed by atoms with van der Waals surface area (Å²) in [6.07, 6.45) is 3.25. The van der Waals surface area contributed by atoms with Crippen molar-refractivity contribution >= 4 is 47.0 Å². The third-order valence-corrected chi connectivity index (χ3v) is 7.53. The second kappa shape index (κ2) is 16.6. The number of carbonyl (C=O) groups is 4. The number of hydroxylamine groups is 3. The van der Waals surface area contributed by atoms with Crippen molar-refractivity contribution in [2.75, 3.05) is 19.3 Å². The summed E-state index contributed by atoms with van der Waals surface area (Å²) in [5, 5.41) is 14.9. The van der Waals surface area contributed by atoms with Gasteiger partial charge in [0.1, 0.15) is 0 Å². The topological polar surface area (TPSA) is 128 Å². The van der Waals surface area contributed by atoms with E-state index in [0.29, 0.717) is 37.4 Å². The first-order chi connectivity index (χ1) is 17.3. The van der Waals surface area contributed by atoms with Crippen molar-refractivity contribution < 1.29 is 29.2 Å². The lowest BCUT2D eigenvalue weighted by atomic mass is 9.98. The minimum Gasteiger partial charge on any atom is -0.336 e. The van der Waals surface area contributed by atoms with E-state index < -0.39 is 29.5 Å². The third kappa shape index (κ3) is 13.8. The summed E-state index contributed by atoms with van der Waals surface area (Å²) in [4.78, 5) is 55.4. The summed E-state index contributed by atoms with van der Waals surface area (Å²) in [5.41, 5.74) is 1.67. The van der Waals surface area contributed by atoms with Crippen LogP contribution in [-0.2, 0) is 14.4 Å². The maximum atomic E-state index is 12.8. The van der Waals surface area contributed by atoms with Crippen LogP contribution in [0.2, 0.25) is 0 Å². The molecule has 1 rings (SSSR count). The monoisotopic (exact) mass is 558 g/mol. The van der Waals surface area contributed by atoms with E-state index in [1.165, 1.54) is 7.05 Å². The number of carbonyl (C=O) groups excluding carboxylic acids is 4. The molecule has 0 saturated carbocycles. The fourth-order valence-electron chi connectivity index (χ4n) is 3.01. The number of rotatable bonds is 14. The van der Waals surface area contributed by atoms with Gasteiger partial charge in [-0.2, -0.15) is 0 Å². The Morgan fingerprint density at radius 1 is 1.11 bits per heavy atom. The van der Waals surface area contributed by atoms with Gasteiger partial charge in [-0.05, 0) is 57.4 Å². The minimum atomic E-state index is -0.855. The molecule has 0 bridgehead atoms. The average molecular weight is 559 g/mol. The number of amides is 6. The van der Waals surface area contributed by atoms with Crippen molar-refractivity contribution in [3.05, 3.63) is 17.5 Å². The normalized spacial score (nSPS) is 12.2. The number of hydrogen-bond acceptors (Lipinski definition) is 8. The van der Waals surface area contributed by atoms with Crippen LogP contribution in [0.3, 0.4) is 0 Å². The van der Waals surface area contributed by atoms with Crippen molar-refractivity contribution in [3.8, 4) is 0 Å². The first-order valence-corrected chi connectivity index (χ1v) is 14.4. The summed E-state index contributed by atoms with van der Waals surface area (Å²) in [6, 6.07) is 2.43. The molecule has 1 atom stereocenters. The van der Waals surface area contributed by atoms with Crippen molar-refractivity contribution in [2.24, 2.45) is 11.8 Å². The SMILES string of the molecule is CC(C)CC[C@H](CSc1cccs1)C(=O)N(O)C(=O)NCCCCCC(=O)N(C)C(=O)NOC(C)(C)C. The summed E-state index contributed by atoms with van der Waals surface area (Å²) < 4.78 is 1.08. The molecule has 3 N–H and O–H groups in total. The third-order valence-electron chi connectivity index (χ3n) is 5.23. The molecule has 0 fully saturated rings. The molecule has 37 heavy (non-hydrogen) atoms. The van der Waals surface area contributed by atoms with E-state index in [1.807, 2.05) is 17.5 Å². The number of hydrogen-bond donors (Lipinski definition) is 3. The number of unbranched alkanes of at least 4 members (excludes halogenated alkanes) is 2. The molecule has 0 unspecified atom stereocenters. The Bertz CT molecular complexity index is 858. The number of thioether (sulfide) groups is 1. The summed E-state index contributed by atoms with van der Waals surface area (Å²) >= 11 is 3.13. The van der Waals surface area contributed by atoms with Crippen LogP contribution in [0, 0.1) is 11.8 Å². The zero-order valence-corrected chi connectivity index (χ0v) is 24.4. The van der Waals surface area contributed by atoms with Gasteiger partial charge in [-0.25, -0.2) is 15.1 Å². The summed E-state index contributed by atoms with van der Waals surface area (Å²) in [6.45, 7) is 9.70. The van der Waals surface area contributed by atoms with Crippen molar-refractivity contribution in [3.63, 3.8) is 0 Å². The quantitative estimate of drug-likeness (QED) is 0.123. The van der Waals surface area contributed by atoms with Crippen molar-refractivity contribution in [2.45, 2.75) is 83.0 Å². The number of imide groups is 2. The van der Waals surface area contributed by atoms with E-state index in [4.69, 9.17) is 4.84 Å². The van der Waals surface area contributed by atoms with E-state index in [2.05, 4.69) is 24.6 Å². The van der Waals surface area contributed by atoms with E-state index in [9.17, 15) is 24.4 Å². The smallest absolute Gasteiger partial charge is 0.336 e. The van der Waals surface area contributed by atoms with E-state index in [1.54, 1.807) is 43.9 Å². The maximum Gasteiger partial charge on any atom is 0.348 e. The number of nitrogens with zero attached hydrogens (tertiary/aromatic N) is 2. The highest BCUT2D eigenvalue weighted by Crippen LogP contribution is 2.28. The van der Waals surface area contributed by atoms with Gasteiger partial charge in [0.2, 0.25) is 5.91 Å². The van der Waals surface area contributed by atoms with Gasteiger partial charge in [0, 0.05) is 25.8 Å². The molecule has 1 aromatic rings. The van der Waals surface area contributed by atoms with Crippen LogP contribution in [0.4, 0.5) is 9.59 Å². The van der Waals surface area contributed by atoms with Gasteiger partial charge in [-0.1, -0.05) is 32.8 Å². The molecular formula is C25H42N4O6S2. The van der Waals surface area contributed by atoms with Crippen LogP contribution in [0.5, 0.6) is 0 Å². The highest BCUT2D eigenvalue weighted by atomic mass is 32.2. The second-order valence-corrected chi connectivity index (χ2v) is 12.4. The Hall–Kier alpha value is -2.15. The second-order valence-electron chi connectivity index (χ2n) is 10.2. The number of thiophene rings is 1. The molecule has 0 aromatic carbocycles. The molecular weight excluding hydrogens is 516 g/mol. The molecule has 12 heteroatoms. The van der Waals surface area contributed by atoms with Gasteiger partial charge in [-0.3, -0.25) is 24.5 Å². The lowest BCUT2D eigenvalue weighted by Crippen LogP contribution is -2.45. The molecule has 210 valence electrons. The van der Waals surface area contributed by atoms with Crippen molar-refractivity contribution in [1.82, 2.24) is 20.8 Å². The zero-order chi connectivity index (χ0) is 28.0. The molecule has 0 aliphatic rings. The molecule has 0 radical (unpaired) electrons. The van der Waals surface area contributed by atoms with Gasteiger partial charge >= 0.3 is 12.1 Å². The molecule has 1 aromatic heterocycles. The van der Waals surface area contributed by atoms with Crippen LogP contribution >= 0.6 is 23.1 Å². The predicted molar refractivity (Wildman–Crippen MR) is 145 cm³/mol. The Morgan fingerprint density at radius 3 is 2.41 bits per heavy atom. The number of urea groups is 2. The first kappa shape index (κ1) is 32.9. The first-order valence-electron chi connectivity index (χ1n) is 12.5. The van der Waals surface area contributed by atoms with Gasteiger partial charge in [0.25, 0.3) is 5.91 Å². The van der Waals surface area contributed by atoms with Crippen LogP contribution in [0.15, 0.2) is 21.7 Å². The van der Waals surface area contributed by atoms with E-state index in [-0.39, 0.29) is 23.9 Å². The van der Waals surface area contributed by atoms with Gasteiger partial charge in [0.15, 0.2) is 0 Å². The standard InChI is InChI=1S/C25H42N4O6S2/c1-18(2)13-14-19(17-37-21-12-10-16-36-21)22(31)29(34)23(32)26-15-9-7-8-11-20(30)28(6)24(33)27-35-25(3,4)5/h10,12,16,18-19,34H,7-9,11,13-15,17H2,1-6H3,(H,26,32)(H,27,33)/t19-/m1/s1. The van der Waals surface area contributed by atoms with Gasteiger partial charge < -0.3 is 5.32 Å². The zero-order valence-electron chi connectivity index (χ0n) is 22.7. The molecule has 0 aliphatic carbocycles. The van der Waals surface area contributed by atoms with Crippen LogP contribution in [0.1, 0.15) is 73.1 Å². The molecule has 10 nitrogen and oxygen atoms in total. The molecule has 0 spiro atoms. The lowest BCUT2D eigenvalue weighted by Gasteiger charge is -2.22. The number of nitrogens with one attached hydrogen (secondary N) is 2. The summed E-state index contributed by atoms with van der Waals surface area (Å²) in [7, 11) is 1.38. The highest BCUT2D eigenvalue weighted by Gasteiger charge is 2.28. The van der Waals surface area contributed by atoms with E-state index in [0.717, 1.165) is 15.5 Å². The fraction of sp³-hybridized carbons (Fsp3) is 0.680. The Morgan fingerprint density at radius 2 is 1.81 bits per heavy atom. The predicted octanol–water partition coefficient (Wildman–Crippen LogP) is 5.28. The van der Waals surface area contributed by atoms with Gasteiger partial charge in [0.05, 0.1) is 15.7 Å². The Balaban J connectivity index is 2.37. The molecule has 0 saturated heterocycles. The molecule has 0 aliphatic heterocycles. The maximum absolute atomic E-state index is 12.8. The lowest BCUT2D eigenvalue weighted by molar-refractivity contribution is -0.157. The van der Waals surface area contributed by atoms with E-state index >= 15 is 0 Å². The van der Waals surface area contributed by atoms with Crippen LogP contribution in [0.25, 0.3) is 0 Å². The largest absolute Gasteiger partial charge is 0.348 e. The Labute approximate surface area is 228 Å². The van der Waals surface area contributed by atoms with Crippen molar-refractivity contribution in [1.29, 1.82) is 0 Å². The minimum absolute atomic E-state index is 0.164. The molecule has 6 amide bonds.